The lowest BCUT2D eigenvalue weighted by atomic mass is 10.1. The van der Waals surface area contributed by atoms with Crippen LogP contribution in [0.15, 0.2) is 6.07 Å². The molecular weight excluding hydrogens is 226 g/mol. The second-order valence-corrected chi connectivity index (χ2v) is 5.23. The van der Waals surface area contributed by atoms with Crippen molar-refractivity contribution >= 4 is 5.82 Å². The zero-order chi connectivity index (χ0) is 13.3. The van der Waals surface area contributed by atoms with E-state index in [9.17, 15) is 0 Å². The van der Waals surface area contributed by atoms with E-state index >= 15 is 0 Å². The summed E-state index contributed by atoms with van der Waals surface area (Å²) in [6, 6.07) is 2.44. The summed E-state index contributed by atoms with van der Waals surface area (Å²) in [7, 11) is 0. The Kier molecular flexibility index (Phi) is 3.88. The predicted octanol–water partition coefficient (Wildman–Crippen LogP) is 1.77. The van der Waals surface area contributed by atoms with Crippen LogP contribution in [0.5, 0.6) is 0 Å². The molecule has 1 aliphatic heterocycles. The lowest BCUT2D eigenvalue weighted by Crippen LogP contribution is -2.48. The number of nitrogens with zero attached hydrogens (tertiary/aromatic N) is 2. The van der Waals surface area contributed by atoms with Crippen LogP contribution < -0.4 is 10.6 Å². The van der Waals surface area contributed by atoms with E-state index in [-0.39, 0.29) is 6.10 Å². The third-order valence-corrected chi connectivity index (χ3v) is 3.54. The van der Waals surface area contributed by atoms with Crippen molar-refractivity contribution < 1.29 is 4.74 Å². The summed E-state index contributed by atoms with van der Waals surface area (Å²) in [4.78, 5) is 7.03. The average molecular weight is 249 g/mol. The lowest BCUT2D eigenvalue weighted by Gasteiger charge is -2.39. The first-order valence-corrected chi connectivity index (χ1v) is 6.58. The van der Waals surface area contributed by atoms with Crippen LogP contribution in [0.2, 0.25) is 0 Å². The Labute approximate surface area is 109 Å². The topological polar surface area (TPSA) is 51.4 Å². The summed E-state index contributed by atoms with van der Waals surface area (Å²) in [6.45, 7) is 10.6. The molecule has 2 heterocycles. The Hall–Kier alpha value is -1.13. The molecule has 1 saturated heterocycles. The molecule has 0 bridgehead atoms. The molecule has 2 N–H and O–H groups in total. The number of anilines is 1. The van der Waals surface area contributed by atoms with Crippen LogP contribution in [0.1, 0.15) is 30.7 Å². The number of hydrogen-bond acceptors (Lipinski definition) is 4. The molecule has 4 heteroatoms. The highest BCUT2D eigenvalue weighted by Crippen LogP contribution is 2.26. The van der Waals surface area contributed by atoms with Gasteiger partial charge in [0.1, 0.15) is 5.82 Å². The summed E-state index contributed by atoms with van der Waals surface area (Å²) in [6.07, 6.45) is 0.245. The monoisotopic (exact) mass is 249 g/mol. The van der Waals surface area contributed by atoms with E-state index in [1.165, 1.54) is 5.56 Å². The SMILES string of the molecule is Cc1cc(C)c(CN)c(N2CC(C)OCC2C)n1. The second kappa shape index (κ2) is 5.24. The molecule has 0 aliphatic carbocycles. The van der Waals surface area contributed by atoms with Crippen molar-refractivity contribution in [3.05, 3.63) is 22.9 Å². The zero-order valence-corrected chi connectivity index (χ0v) is 11.7. The van der Waals surface area contributed by atoms with Gasteiger partial charge in [0.25, 0.3) is 0 Å². The van der Waals surface area contributed by atoms with Gasteiger partial charge in [-0.2, -0.15) is 0 Å². The fraction of sp³-hybridized carbons (Fsp3) is 0.643. The van der Waals surface area contributed by atoms with Crippen molar-refractivity contribution in [3.8, 4) is 0 Å². The van der Waals surface area contributed by atoms with Gasteiger partial charge in [0.2, 0.25) is 0 Å². The number of morpholine rings is 1. The molecule has 4 nitrogen and oxygen atoms in total. The van der Waals surface area contributed by atoms with Gasteiger partial charge in [-0.25, -0.2) is 4.98 Å². The minimum absolute atomic E-state index is 0.245. The molecule has 1 aromatic rings. The molecule has 2 unspecified atom stereocenters. The Morgan fingerprint density at radius 3 is 2.83 bits per heavy atom. The first kappa shape index (κ1) is 13.3. The fourth-order valence-corrected chi connectivity index (χ4v) is 2.53. The summed E-state index contributed by atoms with van der Waals surface area (Å²) in [5.74, 6) is 1.04. The summed E-state index contributed by atoms with van der Waals surface area (Å²) < 4.78 is 5.68. The Morgan fingerprint density at radius 2 is 2.17 bits per heavy atom. The number of ether oxygens (including phenoxy) is 1. The summed E-state index contributed by atoms with van der Waals surface area (Å²) in [5.41, 5.74) is 9.32. The van der Waals surface area contributed by atoms with Crippen LogP contribution in [-0.4, -0.2) is 30.3 Å². The molecule has 100 valence electrons. The molecule has 2 atom stereocenters. The number of pyridine rings is 1. The van der Waals surface area contributed by atoms with Crippen LogP contribution in [0, 0.1) is 13.8 Å². The van der Waals surface area contributed by atoms with Crippen LogP contribution >= 0.6 is 0 Å². The molecule has 0 amide bonds. The Morgan fingerprint density at radius 1 is 1.44 bits per heavy atom. The largest absolute Gasteiger partial charge is 0.375 e. The smallest absolute Gasteiger partial charge is 0.134 e. The minimum Gasteiger partial charge on any atom is -0.375 e. The predicted molar refractivity (Wildman–Crippen MR) is 73.8 cm³/mol. The van der Waals surface area contributed by atoms with Crippen molar-refractivity contribution in [2.75, 3.05) is 18.1 Å². The first-order chi connectivity index (χ1) is 8.52. The maximum atomic E-state index is 5.89. The van der Waals surface area contributed by atoms with Crippen LogP contribution in [-0.2, 0) is 11.3 Å². The van der Waals surface area contributed by atoms with Gasteiger partial charge in [-0.15, -0.1) is 0 Å². The molecule has 18 heavy (non-hydrogen) atoms. The van der Waals surface area contributed by atoms with E-state index in [0.717, 1.165) is 30.2 Å². The van der Waals surface area contributed by atoms with Crippen LogP contribution in [0.3, 0.4) is 0 Å². The minimum atomic E-state index is 0.245. The van der Waals surface area contributed by atoms with E-state index in [4.69, 9.17) is 15.5 Å². The van der Waals surface area contributed by atoms with Gasteiger partial charge < -0.3 is 15.4 Å². The van der Waals surface area contributed by atoms with E-state index < -0.39 is 0 Å². The number of hydrogen-bond donors (Lipinski definition) is 1. The average Bonchev–Trinajstić information content (AvgIpc) is 2.31. The molecule has 1 aromatic heterocycles. The molecule has 0 spiro atoms. The summed E-state index contributed by atoms with van der Waals surface area (Å²) >= 11 is 0. The molecule has 0 radical (unpaired) electrons. The van der Waals surface area contributed by atoms with Crippen molar-refractivity contribution in [1.29, 1.82) is 0 Å². The van der Waals surface area contributed by atoms with E-state index in [1.54, 1.807) is 0 Å². The third-order valence-electron chi connectivity index (χ3n) is 3.54. The van der Waals surface area contributed by atoms with Gasteiger partial charge in [-0.05, 0) is 39.3 Å². The highest BCUT2D eigenvalue weighted by molar-refractivity contribution is 5.52. The molecule has 1 aliphatic rings. The number of aromatic nitrogens is 1. The molecule has 2 rings (SSSR count). The molecule has 1 fully saturated rings. The number of aryl methyl sites for hydroxylation is 2. The number of nitrogens with two attached hydrogens (primary N) is 1. The van der Waals surface area contributed by atoms with Crippen LogP contribution in [0.25, 0.3) is 0 Å². The Balaban J connectivity index is 2.42. The zero-order valence-electron chi connectivity index (χ0n) is 11.7. The fourth-order valence-electron chi connectivity index (χ4n) is 2.53. The van der Waals surface area contributed by atoms with Crippen molar-refractivity contribution in [2.45, 2.75) is 46.4 Å². The highest BCUT2D eigenvalue weighted by Gasteiger charge is 2.26. The summed E-state index contributed by atoms with van der Waals surface area (Å²) in [5, 5.41) is 0. The lowest BCUT2D eigenvalue weighted by molar-refractivity contribution is 0.0339. The second-order valence-electron chi connectivity index (χ2n) is 5.23. The van der Waals surface area contributed by atoms with Gasteiger partial charge in [0.05, 0.1) is 18.8 Å². The maximum absolute atomic E-state index is 5.89. The number of rotatable bonds is 2. The van der Waals surface area contributed by atoms with Crippen LogP contribution in [0.4, 0.5) is 5.82 Å². The standard InChI is InChI=1S/C14H23N3O/c1-9-5-10(2)16-14(13(9)6-15)17-7-12(4)18-8-11(17)3/h5,11-12H,6-8,15H2,1-4H3. The van der Waals surface area contributed by atoms with Gasteiger partial charge in [0, 0.05) is 24.3 Å². The molecule has 0 aromatic carbocycles. The maximum Gasteiger partial charge on any atom is 0.134 e. The van der Waals surface area contributed by atoms with Gasteiger partial charge >= 0.3 is 0 Å². The quantitative estimate of drug-likeness (QED) is 0.868. The van der Waals surface area contributed by atoms with Crippen molar-refractivity contribution in [3.63, 3.8) is 0 Å². The van der Waals surface area contributed by atoms with E-state index in [0.29, 0.717) is 12.6 Å². The van der Waals surface area contributed by atoms with Gasteiger partial charge in [0.15, 0.2) is 0 Å². The van der Waals surface area contributed by atoms with Gasteiger partial charge in [-0.3, -0.25) is 0 Å². The van der Waals surface area contributed by atoms with Crippen molar-refractivity contribution in [2.24, 2.45) is 5.73 Å². The normalized spacial score (nSPS) is 24.4. The van der Waals surface area contributed by atoms with Crippen molar-refractivity contribution in [1.82, 2.24) is 4.98 Å². The van der Waals surface area contributed by atoms with E-state index in [1.807, 2.05) is 6.92 Å². The highest BCUT2D eigenvalue weighted by atomic mass is 16.5. The van der Waals surface area contributed by atoms with E-state index in [2.05, 4.69) is 31.7 Å². The third kappa shape index (κ3) is 2.49. The molecule has 0 saturated carbocycles. The van der Waals surface area contributed by atoms with Gasteiger partial charge in [-0.1, -0.05) is 0 Å². The first-order valence-electron chi connectivity index (χ1n) is 6.58. The Bertz CT molecular complexity index is 433. The molecular formula is C14H23N3O.